The molecule has 1 unspecified atom stereocenters. The zero-order valence-corrected chi connectivity index (χ0v) is 13.5. The highest BCUT2D eigenvalue weighted by atomic mass is 19.2. The Bertz CT molecular complexity index is 794. The Morgan fingerprint density at radius 3 is 2.20 bits per heavy atom. The van der Waals surface area contributed by atoms with E-state index in [1.807, 2.05) is 0 Å². The van der Waals surface area contributed by atoms with Gasteiger partial charge in [-0.2, -0.15) is 0 Å². The predicted octanol–water partition coefficient (Wildman–Crippen LogP) is 2.40. The Morgan fingerprint density at radius 2 is 1.68 bits per heavy atom. The number of hydrogen-bond acceptors (Lipinski definition) is 4. The maximum atomic E-state index is 13.4. The molecule has 0 saturated heterocycles. The monoisotopic (exact) mass is 350 g/mol. The molecule has 0 saturated carbocycles. The second kappa shape index (κ2) is 7.71. The Labute approximate surface area is 142 Å². The number of anilines is 1. The number of hydrogen-bond donors (Lipinski definition) is 2. The molecule has 0 fully saturated rings. The fourth-order valence-corrected chi connectivity index (χ4v) is 2.23. The highest BCUT2D eigenvalue weighted by molar-refractivity contribution is 6.04. The van der Waals surface area contributed by atoms with Crippen LogP contribution in [0.15, 0.2) is 36.4 Å². The summed E-state index contributed by atoms with van der Waals surface area (Å²) >= 11 is 0. The number of ether oxygens (including phenoxy) is 2. The van der Waals surface area contributed by atoms with Gasteiger partial charge in [-0.3, -0.25) is 9.59 Å². The maximum Gasteiger partial charge on any atom is 0.258 e. The first-order valence-electron chi connectivity index (χ1n) is 7.13. The number of methoxy groups -OCH3 is 2. The molecule has 0 aliphatic carbocycles. The molecule has 2 aromatic carbocycles. The summed E-state index contributed by atoms with van der Waals surface area (Å²) < 4.78 is 36.9. The molecule has 2 aromatic rings. The first-order valence-corrected chi connectivity index (χ1v) is 7.13. The van der Waals surface area contributed by atoms with E-state index in [1.54, 1.807) is 24.3 Å². The summed E-state index contributed by atoms with van der Waals surface area (Å²) in [6, 6.07) is 7.83. The van der Waals surface area contributed by atoms with Crippen molar-refractivity contribution in [3.63, 3.8) is 0 Å². The predicted molar refractivity (Wildman–Crippen MR) is 86.2 cm³/mol. The number of benzene rings is 2. The number of carbonyl (C=O) groups is 2. The minimum absolute atomic E-state index is 0.244. The lowest BCUT2D eigenvalue weighted by atomic mass is 10.1. The van der Waals surface area contributed by atoms with E-state index in [0.29, 0.717) is 23.4 Å². The molecular formula is C17H16F2N2O4. The van der Waals surface area contributed by atoms with E-state index >= 15 is 0 Å². The summed E-state index contributed by atoms with van der Waals surface area (Å²) in [6.45, 7) is 0. The molecule has 2 amide bonds. The summed E-state index contributed by atoms with van der Waals surface area (Å²) in [5.41, 5.74) is 5.05. The average Bonchev–Trinajstić information content (AvgIpc) is 2.59. The molecule has 0 spiro atoms. The molecule has 8 heteroatoms. The third-order valence-electron chi connectivity index (χ3n) is 3.48. The highest BCUT2D eigenvalue weighted by Gasteiger charge is 2.23. The van der Waals surface area contributed by atoms with Crippen LogP contribution in [0.4, 0.5) is 14.5 Å². The molecule has 2 rings (SSSR count). The van der Waals surface area contributed by atoms with Crippen LogP contribution >= 0.6 is 0 Å². The quantitative estimate of drug-likeness (QED) is 0.837. The number of carbonyl (C=O) groups excluding carboxylic acids is 2. The fourth-order valence-electron chi connectivity index (χ4n) is 2.23. The van der Waals surface area contributed by atoms with E-state index < -0.39 is 29.6 Å². The van der Waals surface area contributed by atoms with Crippen molar-refractivity contribution in [2.24, 2.45) is 5.73 Å². The van der Waals surface area contributed by atoms with Crippen LogP contribution in [0.3, 0.4) is 0 Å². The summed E-state index contributed by atoms with van der Waals surface area (Å²) in [7, 11) is 2.82. The number of nitrogens with two attached hydrogens (primary N) is 1. The summed E-state index contributed by atoms with van der Waals surface area (Å²) in [4.78, 5) is 23.8. The third-order valence-corrected chi connectivity index (χ3v) is 3.48. The lowest BCUT2D eigenvalue weighted by Crippen LogP contribution is -2.25. The molecule has 132 valence electrons. The number of primary amides is 1. The van der Waals surface area contributed by atoms with E-state index in [0.717, 1.165) is 0 Å². The number of amides is 2. The van der Waals surface area contributed by atoms with Crippen molar-refractivity contribution >= 4 is 17.5 Å². The molecule has 0 aromatic heterocycles. The van der Waals surface area contributed by atoms with Crippen LogP contribution in [-0.4, -0.2) is 26.0 Å². The molecule has 1 atom stereocenters. The molecule has 0 heterocycles. The first kappa shape index (κ1) is 18.3. The van der Waals surface area contributed by atoms with Crippen molar-refractivity contribution in [2.75, 3.05) is 19.5 Å². The second-order valence-electron chi connectivity index (χ2n) is 5.05. The van der Waals surface area contributed by atoms with Crippen molar-refractivity contribution in [1.29, 1.82) is 0 Å². The topological polar surface area (TPSA) is 90.7 Å². The number of nitrogens with one attached hydrogen (secondary N) is 1. The third kappa shape index (κ3) is 4.10. The van der Waals surface area contributed by atoms with E-state index in [1.165, 1.54) is 14.2 Å². The lowest BCUT2D eigenvalue weighted by molar-refractivity contribution is -0.126. The van der Waals surface area contributed by atoms with Crippen molar-refractivity contribution in [1.82, 2.24) is 0 Å². The standard InChI is InChI=1S/C17H16F2N2O4/c1-24-10-5-3-9(4-6-10)15(25-2)17(23)21-14-8-13(19)12(18)7-11(14)16(20)22/h3-8,15H,1-2H3,(H2,20,22)(H,21,23). The first-order chi connectivity index (χ1) is 11.9. The van der Waals surface area contributed by atoms with Gasteiger partial charge >= 0.3 is 0 Å². The normalized spacial score (nSPS) is 11.7. The lowest BCUT2D eigenvalue weighted by Gasteiger charge is -2.17. The van der Waals surface area contributed by atoms with E-state index in [2.05, 4.69) is 5.32 Å². The van der Waals surface area contributed by atoms with Gasteiger partial charge in [0.05, 0.1) is 18.4 Å². The van der Waals surface area contributed by atoms with Gasteiger partial charge in [-0.15, -0.1) is 0 Å². The van der Waals surface area contributed by atoms with E-state index in [9.17, 15) is 18.4 Å². The maximum absolute atomic E-state index is 13.4. The average molecular weight is 350 g/mol. The van der Waals surface area contributed by atoms with Gasteiger partial charge in [0.15, 0.2) is 17.7 Å². The molecule has 25 heavy (non-hydrogen) atoms. The Morgan fingerprint density at radius 1 is 1.08 bits per heavy atom. The van der Waals surface area contributed by atoms with E-state index in [-0.39, 0.29) is 11.3 Å². The molecule has 0 bridgehead atoms. The van der Waals surface area contributed by atoms with Crippen LogP contribution in [0.2, 0.25) is 0 Å². The molecule has 0 radical (unpaired) electrons. The minimum atomic E-state index is -1.25. The summed E-state index contributed by atoms with van der Waals surface area (Å²) in [5, 5.41) is 2.34. The zero-order chi connectivity index (χ0) is 18.6. The van der Waals surface area contributed by atoms with Crippen LogP contribution in [0.25, 0.3) is 0 Å². The molecule has 3 N–H and O–H groups in total. The van der Waals surface area contributed by atoms with Crippen LogP contribution < -0.4 is 15.8 Å². The molecule has 0 aliphatic heterocycles. The fraction of sp³-hybridized carbons (Fsp3) is 0.176. The summed E-state index contributed by atoms with van der Waals surface area (Å²) in [6.07, 6.45) is -1.04. The summed E-state index contributed by atoms with van der Waals surface area (Å²) in [5.74, 6) is -3.56. The van der Waals surface area contributed by atoms with Gasteiger partial charge in [-0.25, -0.2) is 8.78 Å². The van der Waals surface area contributed by atoms with Gasteiger partial charge in [0.2, 0.25) is 0 Å². The highest BCUT2D eigenvalue weighted by Crippen LogP contribution is 2.24. The molecular weight excluding hydrogens is 334 g/mol. The van der Waals surface area contributed by atoms with Gasteiger partial charge in [-0.05, 0) is 23.8 Å². The smallest absolute Gasteiger partial charge is 0.258 e. The largest absolute Gasteiger partial charge is 0.497 e. The number of rotatable bonds is 6. The van der Waals surface area contributed by atoms with Gasteiger partial charge in [-0.1, -0.05) is 12.1 Å². The Balaban J connectivity index is 2.30. The number of halogens is 2. The van der Waals surface area contributed by atoms with Crippen molar-refractivity contribution in [2.45, 2.75) is 6.10 Å². The second-order valence-corrected chi connectivity index (χ2v) is 5.05. The van der Waals surface area contributed by atoms with Crippen molar-refractivity contribution < 1.29 is 27.8 Å². The van der Waals surface area contributed by atoms with Gasteiger partial charge in [0.1, 0.15) is 5.75 Å². The van der Waals surface area contributed by atoms with Crippen LogP contribution in [-0.2, 0) is 9.53 Å². The molecule has 0 aliphatic rings. The Kier molecular flexibility index (Phi) is 5.66. The van der Waals surface area contributed by atoms with Crippen LogP contribution in [0.1, 0.15) is 22.0 Å². The van der Waals surface area contributed by atoms with Crippen molar-refractivity contribution in [3.05, 3.63) is 59.2 Å². The van der Waals surface area contributed by atoms with Crippen molar-refractivity contribution in [3.8, 4) is 5.75 Å². The SMILES string of the molecule is COc1ccc(C(OC)C(=O)Nc2cc(F)c(F)cc2C(N)=O)cc1. The van der Waals surface area contributed by atoms with Crippen LogP contribution in [0, 0.1) is 11.6 Å². The van der Waals surface area contributed by atoms with E-state index in [4.69, 9.17) is 15.2 Å². The minimum Gasteiger partial charge on any atom is -0.497 e. The van der Waals surface area contributed by atoms with Crippen LogP contribution in [0.5, 0.6) is 5.75 Å². The van der Waals surface area contributed by atoms with Gasteiger partial charge in [0, 0.05) is 13.2 Å². The van der Waals surface area contributed by atoms with Gasteiger partial charge < -0.3 is 20.5 Å². The Hall–Kier alpha value is -3.00. The van der Waals surface area contributed by atoms with Gasteiger partial charge in [0.25, 0.3) is 11.8 Å². The molecule has 6 nitrogen and oxygen atoms in total. The zero-order valence-electron chi connectivity index (χ0n) is 13.5.